The van der Waals surface area contributed by atoms with Crippen LogP contribution in [-0.2, 0) is 68.0 Å². The molecular formula is C24H16Cl2O16S6. The molecule has 0 aliphatic rings. The molecule has 0 fully saturated rings. The van der Waals surface area contributed by atoms with Gasteiger partial charge in [-0.05, 0) is 48.5 Å². The van der Waals surface area contributed by atoms with Crippen molar-refractivity contribution in [1.29, 1.82) is 0 Å². The van der Waals surface area contributed by atoms with Crippen molar-refractivity contribution in [3.05, 3.63) is 95.0 Å². The number of hydrogen-bond donors (Lipinski definition) is 2. The van der Waals surface area contributed by atoms with Gasteiger partial charge in [0.2, 0.25) is 0 Å². The second-order valence-electron chi connectivity index (χ2n) is 9.08. The summed E-state index contributed by atoms with van der Waals surface area (Å²) in [6.07, 6.45) is 0. The highest BCUT2D eigenvalue weighted by Gasteiger charge is 2.34. The van der Waals surface area contributed by atoms with Gasteiger partial charge in [-0.3, -0.25) is 9.11 Å². The van der Waals surface area contributed by atoms with Crippen molar-refractivity contribution < 1.29 is 66.9 Å². The van der Waals surface area contributed by atoms with E-state index in [1.54, 1.807) is 0 Å². The van der Waals surface area contributed by atoms with Crippen molar-refractivity contribution in [3.63, 3.8) is 0 Å². The Bertz CT molecular complexity index is 2450. The van der Waals surface area contributed by atoms with Gasteiger partial charge in [0.25, 0.3) is 20.2 Å². The zero-order chi connectivity index (χ0) is 36.1. The molecule has 0 spiro atoms. The van der Waals surface area contributed by atoms with E-state index < -0.39 is 111 Å². The van der Waals surface area contributed by atoms with Crippen molar-refractivity contribution in [2.45, 2.75) is 29.4 Å². The predicted molar refractivity (Wildman–Crippen MR) is 165 cm³/mol. The fourth-order valence-corrected chi connectivity index (χ4v) is 11.5. The van der Waals surface area contributed by atoms with Gasteiger partial charge < -0.3 is 0 Å². The lowest BCUT2D eigenvalue weighted by Crippen LogP contribution is -2.17. The molecule has 48 heavy (non-hydrogen) atoms. The molecule has 0 unspecified atom stereocenters. The van der Waals surface area contributed by atoms with Crippen LogP contribution >= 0.6 is 23.2 Å². The standard InChI is InChI=1S/C24H16Cl2O16S6/c25-19-11-9-15(13-23(19)43(27,28)29)45(33,34)41-47(37,38)21-7-3-1-5-17(21)18-6-2-4-8-22(18)48(39,40)42-46(35,36)16-10-12-20(26)24(14-16)44(30,31)32/h1-14H,(H,27,28,29)(H,30,31,32). The number of halogens is 2. The summed E-state index contributed by atoms with van der Waals surface area (Å²) < 4.78 is 179. The SMILES string of the molecule is O=S(=O)(O)c1cc(S(=O)(=O)OS(=O)(=O)c2ccccc2-c2ccccc2S(=O)(=O)OS(=O)(=O)c2ccc(Cl)c(S(=O)(=O)O)c2)ccc1Cl. The number of benzene rings is 4. The highest BCUT2D eigenvalue weighted by molar-refractivity contribution is 8.00. The molecule has 0 saturated carbocycles. The molecule has 24 heteroatoms. The zero-order valence-corrected chi connectivity index (χ0v) is 29.3. The van der Waals surface area contributed by atoms with E-state index in [0.29, 0.717) is 24.3 Å². The normalized spacial score (nSPS) is 13.3. The first-order valence-corrected chi connectivity index (χ1v) is 21.3. The van der Waals surface area contributed by atoms with E-state index in [9.17, 15) is 59.6 Å². The Morgan fingerprint density at radius 2 is 0.729 bits per heavy atom. The third-order valence-electron chi connectivity index (χ3n) is 5.90. The molecule has 0 radical (unpaired) electrons. The van der Waals surface area contributed by atoms with Crippen LogP contribution in [0.3, 0.4) is 0 Å². The molecule has 0 saturated heterocycles. The minimum Gasteiger partial charge on any atom is -0.282 e. The van der Waals surface area contributed by atoms with Gasteiger partial charge in [0.1, 0.15) is 19.6 Å². The van der Waals surface area contributed by atoms with Crippen LogP contribution in [0.5, 0.6) is 0 Å². The lowest BCUT2D eigenvalue weighted by Gasteiger charge is -2.15. The maximum Gasteiger partial charge on any atom is 0.312 e. The summed E-state index contributed by atoms with van der Waals surface area (Å²) in [5, 5.41) is -1.22. The van der Waals surface area contributed by atoms with Gasteiger partial charge in [-0.25, -0.2) is 0 Å². The summed E-state index contributed by atoms with van der Waals surface area (Å²) in [5.74, 6) is 0. The monoisotopic (exact) mass is 822 g/mol. The molecule has 0 heterocycles. The lowest BCUT2D eigenvalue weighted by atomic mass is 10.1. The van der Waals surface area contributed by atoms with Gasteiger partial charge in [-0.2, -0.15) is 50.5 Å². The van der Waals surface area contributed by atoms with E-state index in [1.807, 2.05) is 0 Å². The van der Waals surface area contributed by atoms with Crippen molar-refractivity contribution >= 4 is 83.9 Å². The summed E-state index contributed by atoms with van der Waals surface area (Å²) in [7, 11) is -31.8. The first-order chi connectivity index (χ1) is 21.9. The number of rotatable bonds is 11. The minimum absolute atomic E-state index is 0.327. The Labute approximate surface area is 284 Å². The van der Waals surface area contributed by atoms with Gasteiger partial charge in [0, 0.05) is 11.1 Å². The Hall–Kier alpha value is -3.00. The van der Waals surface area contributed by atoms with E-state index in [0.717, 1.165) is 48.5 Å². The Morgan fingerprint density at radius 1 is 0.417 bits per heavy atom. The van der Waals surface area contributed by atoms with Crippen LogP contribution in [0, 0.1) is 0 Å². The Morgan fingerprint density at radius 3 is 1.04 bits per heavy atom. The average Bonchev–Trinajstić information content (AvgIpc) is 2.95. The first-order valence-electron chi connectivity index (χ1n) is 12.0. The average molecular weight is 824 g/mol. The molecule has 0 aromatic heterocycles. The minimum atomic E-state index is -5.45. The zero-order valence-electron chi connectivity index (χ0n) is 22.9. The summed E-state index contributed by atoms with van der Waals surface area (Å²) >= 11 is 11.4. The maximum atomic E-state index is 13.3. The highest BCUT2D eigenvalue weighted by atomic mass is 35.5. The second-order valence-corrected chi connectivity index (χ2v) is 19.2. The molecule has 0 amide bonds. The molecule has 0 aliphatic carbocycles. The van der Waals surface area contributed by atoms with E-state index in [-0.39, 0.29) is 0 Å². The third-order valence-corrected chi connectivity index (χ3v) is 14.9. The van der Waals surface area contributed by atoms with Crippen LogP contribution in [0.2, 0.25) is 10.0 Å². The molecular weight excluding hydrogens is 808 g/mol. The lowest BCUT2D eigenvalue weighted by molar-refractivity contribution is 0.457. The van der Waals surface area contributed by atoms with Gasteiger partial charge >= 0.3 is 40.5 Å². The fraction of sp³-hybridized carbons (Fsp3) is 0. The van der Waals surface area contributed by atoms with Crippen LogP contribution in [-0.4, -0.2) is 59.6 Å². The van der Waals surface area contributed by atoms with Gasteiger partial charge in [0.05, 0.1) is 19.8 Å². The van der Waals surface area contributed by atoms with E-state index in [2.05, 4.69) is 7.26 Å². The van der Waals surface area contributed by atoms with Crippen LogP contribution in [0.25, 0.3) is 11.1 Å². The molecule has 4 aromatic carbocycles. The molecule has 0 atom stereocenters. The van der Waals surface area contributed by atoms with Crippen molar-refractivity contribution in [2.24, 2.45) is 0 Å². The van der Waals surface area contributed by atoms with E-state index in [4.69, 9.17) is 23.2 Å². The Balaban J connectivity index is 1.79. The van der Waals surface area contributed by atoms with Crippen molar-refractivity contribution in [1.82, 2.24) is 0 Å². The van der Waals surface area contributed by atoms with Crippen molar-refractivity contribution in [2.75, 3.05) is 0 Å². The van der Waals surface area contributed by atoms with Gasteiger partial charge in [-0.1, -0.05) is 59.6 Å². The molecule has 2 N–H and O–H groups in total. The molecule has 4 aromatic rings. The summed E-state index contributed by atoms with van der Waals surface area (Å²) in [6, 6.07) is 11.7. The summed E-state index contributed by atoms with van der Waals surface area (Å²) in [5.41, 5.74) is -1.11. The fourth-order valence-electron chi connectivity index (χ4n) is 3.88. The summed E-state index contributed by atoms with van der Waals surface area (Å²) in [4.78, 5) is -6.26. The van der Waals surface area contributed by atoms with Crippen LogP contribution in [0.4, 0.5) is 0 Å². The van der Waals surface area contributed by atoms with Crippen LogP contribution < -0.4 is 0 Å². The molecule has 258 valence electrons. The topological polar surface area (TPSA) is 264 Å². The smallest absolute Gasteiger partial charge is 0.282 e. The largest absolute Gasteiger partial charge is 0.312 e. The second kappa shape index (κ2) is 13.0. The third kappa shape index (κ3) is 8.06. The highest BCUT2D eigenvalue weighted by Crippen LogP contribution is 2.36. The van der Waals surface area contributed by atoms with Crippen molar-refractivity contribution in [3.8, 4) is 11.1 Å². The van der Waals surface area contributed by atoms with Gasteiger partial charge in [-0.15, -0.1) is 7.26 Å². The predicted octanol–water partition coefficient (Wildman–Crippen LogP) is 3.34. The van der Waals surface area contributed by atoms with Crippen LogP contribution in [0.1, 0.15) is 0 Å². The van der Waals surface area contributed by atoms with E-state index in [1.165, 1.54) is 12.1 Å². The molecule has 4 rings (SSSR count). The maximum absolute atomic E-state index is 13.3. The first kappa shape index (κ1) is 37.8. The van der Waals surface area contributed by atoms with Crippen LogP contribution in [0.15, 0.2) is 114 Å². The van der Waals surface area contributed by atoms with E-state index >= 15 is 0 Å². The Kier molecular flexibility index (Phi) is 10.3. The van der Waals surface area contributed by atoms with Gasteiger partial charge in [0.15, 0.2) is 0 Å². The molecule has 16 nitrogen and oxygen atoms in total. The molecule has 0 bridgehead atoms. The summed E-state index contributed by atoms with van der Waals surface area (Å²) in [6.45, 7) is 0. The number of hydrogen-bond acceptors (Lipinski definition) is 14. The molecule has 0 aliphatic heterocycles. The quantitative estimate of drug-likeness (QED) is 0.205.